The third kappa shape index (κ3) is 7.33. The molecule has 0 saturated carbocycles. The van der Waals surface area contributed by atoms with E-state index in [-0.39, 0.29) is 16.9 Å². The second kappa shape index (κ2) is 11.6. The summed E-state index contributed by atoms with van der Waals surface area (Å²) in [5.41, 5.74) is 1.63. The van der Waals surface area contributed by atoms with Crippen LogP contribution < -0.4 is 20.1 Å². The zero-order valence-electron chi connectivity index (χ0n) is 18.4. The van der Waals surface area contributed by atoms with Crippen molar-refractivity contribution in [2.24, 2.45) is 0 Å². The molecule has 0 aromatic heterocycles. The highest BCUT2D eigenvalue weighted by atomic mass is 32.1. The van der Waals surface area contributed by atoms with Gasteiger partial charge < -0.3 is 19.7 Å². The van der Waals surface area contributed by atoms with Gasteiger partial charge in [-0.15, -0.1) is 0 Å². The molecule has 0 atom stereocenters. The van der Waals surface area contributed by atoms with E-state index in [2.05, 4.69) is 10.6 Å². The van der Waals surface area contributed by atoms with Crippen molar-refractivity contribution < 1.29 is 19.1 Å². The van der Waals surface area contributed by atoms with Gasteiger partial charge in [-0.2, -0.15) is 0 Å². The summed E-state index contributed by atoms with van der Waals surface area (Å²) in [6.45, 7) is 0.722. The van der Waals surface area contributed by atoms with E-state index >= 15 is 0 Å². The van der Waals surface area contributed by atoms with Crippen LogP contribution in [0.1, 0.15) is 20.7 Å². The van der Waals surface area contributed by atoms with E-state index in [1.807, 2.05) is 30.3 Å². The number of para-hydroxylation sites is 1. The molecule has 0 radical (unpaired) electrons. The number of hydrogen-bond acceptors (Lipinski definition) is 5. The normalized spacial score (nSPS) is 10.1. The molecule has 0 fully saturated rings. The highest BCUT2D eigenvalue weighted by Gasteiger charge is 2.11. The molecule has 3 aromatic carbocycles. The van der Waals surface area contributed by atoms with Crippen LogP contribution >= 0.6 is 12.2 Å². The summed E-state index contributed by atoms with van der Waals surface area (Å²) < 4.78 is 11.3. The smallest absolute Gasteiger partial charge is 0.257 e. The summed E-state index contributed by atoms with van der Waals surface area (Å²) >= 11 is 5.24. The third-order valence-corrected chi connectivity index (χ3v) is 4.69. The van der Waals surface area contributed by atoms with E-state index in [0.717, 1.165) is 5.75 Å². The van der Waals surface area contributed by atoms with Crippen molar-refractivity contribution in [1.29, 1.82) is 0 Å². The van der Waals surface area contributed by atoms with E-state index in [0.29, 0.717) is 35.8 Å². The molecular formula is C25H25N3O4S. The first-order chi connectivity index (χ1) is 15.9. The van der Waals surface area contributed by atoms with E-state index in [9.17, 15) is 9.59 Å². The summed E-state index contributed by atoms with van der Waals surface area (Å²) in [7, 11) is 3.38. The Morgan fingerprint density at radius 3 is 2.12 bits per heavy atom. The van der Waals surface area contributed by atoms with Crippen LogP contribution in [0.3, 0.4) is 0 Å². The van der Waals surface area contributed by atoms with Crippen molar-refractivity contribution in [2.75, 3.05) is 32.6 Å². The molecule has 7 nitrogen and oxygen atoms in total. The molecule has 33 heavy (non-hydrogen) atoms. The Kier molecular flexibility index (Phi) is 8.37. The Labute approximate surface area is 198 Å². The van der Waals surface area contributed by atoms with Gasteiger partial charge in [0, 0.05) is 30.9 Å². The quantitative estimate of drug-likeness (QED) is 0.389. The largest absolute Gasteiger partial charge is 0.490 e. The molecule has 0 unspecified atom stereocenters. The predicted octanol–water partition coefficient (Wildman–Crippen LogP) is 3.97. The fraction of sp³-hybridized carbons (Fsp3) is 0.160. The van der Waals surface area contributed by atoms with Gasteiger partial charge >= 0.3 is 0 Å². The lowest BCUT2D eigenvalue weighted by atomic mass is 10.2. The summed E-state index contributed by atoms with van der Waals surface area (Å²) in [6.07, 6.45) is 0. The summed E-state index contributed by atoms with van der Waals surface area (Å²) in [5.74, 6) is 0.873. The number of nitrogens with one attached hydrogen (secondary N) is 2. The molecule has 0 spiro atoms. The summed E-state index contributed by atoms with van der Waals surface area (Å²) in [5, 5.41) is 5.73. The first kappa shape index (κ1) is 23.7. The van der Waals surface area contributed by atoms with Gasteiger partial charge in [-0.1, -0.05) is 24.3 Å². The van der Waals surface area contributed by atoms with Crippen LogP contribution in [0.25, 0.3) is 0 Å². The topological polar surface area (TPSA) is 79.9 Å². The second-order valence-electron chi connectivity index (χ2n) is 7.22. The minimum absolute atomic E-state index is 0.0915. The van der Waals surface area contributed by atoms with Crippen LogP contribution in [0.15, 0.2) is 78.9 Å². The Bertz CT molecular complexity index is 1100. The van der Waals surface area contributed by atoms with Crippen LogP contribution in [0.4, 0.5) is 5.69 Å². The van der Waals surface area contributed by atoms with Crippen LogP contribution in [0.5, 0.6) is 11.5 Å². The zero-order valence-corrected chi connectivity index (χ0v) is 19.2. The third-order valence-electron chi connectivity index (χ3n) is 4.48. The average molecular weight is 464 g/mol. The predicted molar refractivity (Wildman–Crippen MR) is 132 cm³/mol. The number of rotatable bonds is 8. The van der Waals surface area contributed by atoms with Crippen molar-refractivity contribution in [3.63, 3.8) is 0 Å². The lowest BCUT2D eigenvalue weighted by Crippen LogP contribution is -2.34. The molecule has 3 aromatic rings. The van der Waals surface area contributed by atoms with Crippen molar-refractivity contribution >= 4 is 34.8 Å². The molecule has 8 heteroatoms. The molecule has 0 aliphatic rings. The second-order valence-corrected chi connectivity index (χ2v) is 7.63. The number of anilines is 1. The maximum Gasteiger partial charge on any atom is 0.257 e. The molecule has 170 valence electrons. The van der Waals surface area contributed by atoms with Gasteiger partial charge in [0.25, 0.3) is 11.8 Å². The van der Waals surface area contributed by atoms with Crippen molar-refractivity contribution in [2.45, 2.75) is 0 Å². The highest BCUT2D eigenvalue weighted by Crippen LogP contribution is 2.15. The summed E-state index contributed by atoms with van der Waals surface area (Å²) in [6, 6.07) is 23.1. The number of carbonyl (C=O) groups is 2. The zero-order chi connectivity index (χ0) is 23.6. The molecule has 0 aliphatic carbocycles. The standard InChI is InChI=1S/C25H25N3O4S/c1-28(2)24(30)18-11-13-20(14-12-18)26-25(33)27-23(29)19-7-6-10-22(17-19)32-16-15-31-21-8-4-3-5-9-21/h3-14,17H,15-16H2,1-2H3,(H2,26,27,29,33). The van der Waals surface area contributed by atoms with Crippen LogP contribution in [0, 0.1) is 0 Å². The maximum atomic E-state index is 12.6. The SMILES string of the molecule is CN(C)C(=O)c1ccc(NC(=S)NC(=O)c2cccc(OCCOc3ccccc3)c2)cc1. The molecule has 0 bridgehead atoms. The Morgan fingerprint density at radius 2 is 1.45 bits per heavy atom. The number of thiocarbonyl (C=S) groups is 1. The van der Waals surface area contributed by atoms with Crippen molar-refractivity contribution in [3.8, 4) is 11.5 Å². The monoisotopic (exact) mass is 463 g/mol. The molecule has 3 rings (SSSR count). The Hall–Kier alpha value is -3.91. The van der Waals surface area contributed by atoms with Crippen molar-refractivity contribution in [1.82, 2.24) is 10.2 Å². The fourth-order valence-electron chi connectivity index (χ4n) is 2.85. The van der Waals surface area contributed by atoms with E-state index in [1.165, 1.54) is 4.90 Å². The Morgan fingerprint density at radius 1 is 0.818 bits per heavy atom. The molecule has 0 heterocycles. The number of ether oxygens (including phenoxy) is 2. The lowest BCUT2D eigenvalue weighted by Gasteiger charge is -2.13. The molecule has 0 aliphatic heterocycles. The molecule has 2 amide bonds. The van der Waals surface area contributed by atoms with Gasteiger partial charge in [-0.05, 0) is 66.8 Å². The van der Waals surface area contributed by atoms with Gasteiger partial charge in [0.1, 0.15) is 24.7 Å². The minimum Gasteiger partial charge on any atom is -0.490 e. The fourth-order valence-corrected chi connectivity index (χ4v) is 3.07. The molecular weight excluding hydrogens is 438 g/mol. The first-order valence-electron chi connectivity index (χ1n) is 10.3. The van der Waals surface area contributed by atoms with Gasteiger partial charge in [-0.25, -0.2) is 0 Å². The molecule has 0 saturated heterocycles. The van der Waals surface area contributed by atoms with E-state index in [1.54, 1.807) is 62.6 Å². The molecule has 2 N–H and O–H groups in total. The number of carbonyl (C=O) groups excluding carboxylic acids is 2. The van der Waals surface area contributed by atoms with Gasteiger partial charge in [0.05, 0.1) is 0 Å². The number of amides is 2. The highest BCUT2D eigenvalue weighted by molar-refractivity contribution is 7.80. The van der Waals surface area contributed by atoms with E-state index in [4.69, 9.17) is 21.7 Å². The van der Waals surface area contributed by atoms with E-state index < -0.39 is 0 Å². The average Bonchev–Trinajstić information content (AvgIpc) is 2.82. The van der Waals surface area contributed by atoms with Gasteiger partial charge in [-0.3, -0.25) is 14.9 Å². The number of nitrogens with zero attached hydrogens (tertiary/aromatic N) is 1. The minimum atomic E-state index is -0.363. The number of benzene rings is 3. The van der Waals surface area contributed by atoms with Crippen LogP contribution in [-0.4, -0.2) is 49.1 Å². The van der Waals surface area contributed by atoms with Crippen LogP contribution in [-0.2, 0) is 0 Å². The van der Waals surface area contributed by atoms with Gasteiger partial charge in [0.2, 0.25) is 0 Å². The summed E-state index contributed by atoms with van der Waals surface area (Å²) in [4.78, 5) is 26.0. The maximum absolute atomic E-state index is 12.6. The lowest BCUT2D eigenvalue weighted by molar-refractivity contribution is 0.0827. The van der Waals surface area contributed by atoms with Crippen LogP contribution in [0.2, 0.25) is 0 Å². The Balaban J connectivity index is 1.48. The number of hydrogen-bond donors (Lipinski definition) is 2. The first-order valence-corrected chi connectivity index (χ1v) is 10.7. The van der Waals surface area contributed by atoms with Crippen molar-refractivity contribution in [3.05, 3.63) is 90.0 Å². The van der Waals surface area contributed by atoms with Gasteiger partial charge in [0.15, 0.2) is 5.11 Å².